The molecule has 1 aromatic carbocycles. The number of rotatable bonds is 5. The lowest BCUT2D eigenvalue weighted by Crippen LogP contribution is -2.42. The van der Waals surface area contributed by atoms with Crippen molar-refractivity contribution in [2.75, 3.05) is 13.1 Å². The van der Waals surface area contributed by atoms with Crippen LogP contribution in [0.3, 0.4) is 0 Å². The van der Waals surface area contributed by atoms with Gasteiger partial charge in [-0.25, -0.2) is 8.78 Å². The third-order valence-electron chi connectivity index (χ3n) is 2.15. The maximum Gasteiger partial charge on any atom is 0.277 e. The van der Waals surface area contributed by atoms with Crippen molar-refractivity contribution in [2.45, 2.75) is 12.3 Å². The van der Waals surface area contributed by atoms with E-state index < -0.39 is 24.9 Å². The van der Waals surface area contributed by atoms with Gasteiger partial charge in [0.05, 0.1) is 19.5 Å². The Balaban J connectivity index is 2.48. The highest BCUT2D eigenvalue weighted by Crippen LogP contribution is 2.16. The summed E-state index contributed by atoms with van der Waals surface area (Å²) in [6.07, 6.45) is 0.0576. The van der Waals surface area contributed by atoms with Gasteiger partial charge in [0.15, 0.2) is 0 Å². The molecule has 3 N–H and O–H groups in total. The average Bonchev–Trinajstić information content (AvgIpc) is 2.30. The van der Waals surface area contributed by atoms with E-state index in [1.165, 1.54) is 0 Å². The largest absolute Gasteiger partial charge is 0.350 e. The highest BCUT2D eigenvalue weighted by atomic mass is 79.9. The Morgan fingerprint density at radius 2 is 2.06 bits per heavy atom. The Hall–Kier alpha value is -1.01. The van der Waals surface area contributed by atoms with Crippen molar-refractivity contribution < 1.29 is 13.6 Å². The first-order chi connectivity index (χ1) is 7.94. The van der Waals surface area contributed by atoms with Crippen molar-refractivity contribution >= 4 is 21.8 Å². The minimum atomic E-state index is -3.05. The summed E-state index contributed by atoms with van der Waals surface area (Å²) in [5, 5.41) is 2.16. The monoisotopic (exact) mass is 306 g/mol. The second kappa shape index (κ2) is 6.07. The molecule has 3 nitrogen and oxygen atoms in total. The van der Waals surface area contributed by atoms with Gasteiger partial charge < -0.3 is 11.1 Å². The molecule has 0 bridgehead atoms. The average molecular weight is 307 g/mol. The fourth-order valence-corrected chi connectivity index (χ4v) is 1.60. The molecule has 1 amide bonds. The zero-order valence-corrected chi connectivity index (χ0v) is 10.6. The van der Waals surface area contributed by atoms with E-state index >= 15 is 0 Å². The molecule has 0 fully saturated rings. The summed E-state index contributed by atoms with van der Waals surface area (Å²) < 4.78 is 26.3. The molecule has 0 aromatic heterocycles. The molecule has 0 unspecified atom stereocenters. The number of halogens is 3. The van der Waals surface area contributed by atoms with E-state index in [1.54, 1.807) is 18.2 Å². The van der Waals surface area contributed by atoms with Crippen molar-refractivity contribution in [3.05, 3.63) is 34.3 Å². The van der Waals surface area contributed by atoms with Crippen LogP contribution in [0, 0.1) is 0 Å². The number of hydrogen-bond donors (Lipinski definition) is 2. The number of benzene rings is 1. The van der Waals surface area contributed by atoms with Crippen LogP contribution in [0.4, 0.5) is 8.78 Å². The van der Waals surface area contributed by atoms with Crippen LogP contribution in [0.25, 0.3) is 0 Å². The molecule has 0 aliphatic heterocycles. The van der Waals surface area contributed by atoms with Crippen LogP contribution in [0.2, 0.25) is 0 Å². The van der Waals surface area contributed by atoms with Gasteiger partial charge in [0.1, 0.15) is 0 Å². The Morgan fingerprint density at radius 1 is 1.41 bits per heavy atom. The summed E-state index contributed by atoms with van der Waals surface area (Å²) >= 11 is 3.28. The molecule has 0 saturated heterocycles. The van der Waals surface area contributed by atoms with Crippen LogP contribution < -0.4 is 11.1 Å². The molecular formula is C11H13BrF2N2O. The molecule has 0 heterocycles. The summed E-state index contributed by atoms with van der Waals surface area (Å²) in [4.78, 5) is 11.4. The van der Waals surface area contributed by atoms with Gasteiger partial charge in [0, 0.05) is 4.47 Å². The van der Waals surface area contributed by atoms with Gasteiger partial charge in [-0.05, 0) is 11.6 Å². The Labute approximate surface area is 107 Å². The van der Waals surface area contributed by atoms with Crippen molar-refractivity contribution in [1.82, 2.24) is 5.32 Å². The molecule has 0 saturated carbocycles. The van der Waals surface area contributed by atoms with Crippen LogP contribution in [0.5, 0.6) is 0 Å². The minimum Gasteiger partial charge on any atom is -0.350 e. The molecule has 1 rings (SSSR count). The van der Waals surface area contributed by atoms with Gasteiger partial charge in [0.2, 0.25) is 5.91 Å². The number of carbonyl (C=O) groups is 1. The molecule has 0 radical (unpaired) electrons. The first-order valence-electron chi connectivity index (χ1n) is 5.02. The van der Waals surface area contributed by atoms with Gasteiger partial charge in [-0.3, -0.25) is 4.79 Å². The van der Waals surface area contributed by atoms with Gasteiger partial charge in [-0.2, -0.15) is 0 Å². The SMILES string of the molecule is NCC(F)(F)CNC(=O)Cc1ccccc1Br. The van der Waals surface area contributed by atoms with E-state index in [4.69, 9.17) is 5.73 Å². The third-order valence-corrected chi connectivity index (χ3v) is 2.93. The van der Waals surface area contributed by atoms with Crippen molar-refractivity contribution in [3.8, 4) is 0 Å². The predicted octanol–water partition coefficient (Wildman–Crippen LogP) is 1.70. The Bertz CT molecular complexity index is 399. The summed E-state index contributed by atoms with van der Waals surface area (Å²) in [6.45, 7) is -1.50. The second-order valence-corrected chi connectivity index (χ2v) is 4.46. The van der Waals surface area contributed by atoms with E-state index in [1.807, 2.05) is 6.07 Å². The summed E-state index contributed by atoms with van der Waals surface area (Å²) in [7, 11) is 0. The van der Waals surface area contributed by atoms with Crippen LogP contribution in [-0.4, -0.2) is 24.9 Å². The molecular weight excluding hydrogens is 294 g/mol. The molecule has 0 atom stereocenters. The summed E-state index contributed by atoms with van der Waals surface area (Å²) in [5.41, 5.74) is 5.61. The van der Waals surface area contributed by atoms with Crippen molar-refractivity contribution in [3.63, 3.8) is 0 Å². The first-order valence-corrected chi connectivity index (χ1v) is 5.82. The fraction of sp³-hybridized carbons (Fsp3) is 0.364. The molecule has 1 aromatic rings. The number of nitrogens with two attached hydrogens (primary N) is 1. The van der Waals surface area contributed by atoms with Gasteiger partial charge in [-0.1, -0.05) is 34.1 Å². The molecule has 17 heavy (non-hydrogen) atoms. The van der Waals surface area contributed by atoms with E-state index in [0.29, 0.717) is 0 Å². The topological polar surface area (TPSA) is 55.1 Å². The van der Waals surface area contributed by atoms with Crippen LogP contribution in [-0.2, 0) is 11.2 Å². The van der Waals surface area contributed by atoms with Crippen molar-refractivity contribution in [1.29, 1.82) is 0 Å². The quantitative estimate of drug-likeness (QED) is 0.870. The van der Waals surface area contributed by atoms with Crippen LogP contribution in [0.15, 0.2) is 28.7 Å². The van der Waals surface area contributed by atoms with Gasteiger partial charge in [-0.15, -0.1) is 0 Å². The summed E-state index contributed by atoms with van der Waals surface area (Å²) in [5.74, 6) is -3.51. The third kappa shape index (κ3) is 4.79. The minimum absolute atomic E-state index is 0.0576. The molecule has 0 spiro atoms. The lowest BCUT2D eigenvalue weighted by molar-refractivity contribution is -0.122. The van der Waals surface area contributed by atoms with Gasteiger partial charge in [0.25, 0.3) is 5.92 Å². The molecule has 0 aliphatic carbocycles. The van der Waals surface area contributed by atoms with E-state index in [9.17, 15) is 13.6 Å². The highest BCUT2D eigenvalue weighted by molar-refractivity contribution is 9.10. The van der Waals surface area contributed by atoms with Crippen molar-refractivity contribution in [2.24, 2.45) is 5.73 Å². The fourth-order valence-electron chi connectivity index (χ4n) is 1.18. The number of alkyl halides is 2. The maximum atomic E-state index is 12.8. The second-order valence-electron chi connectivity index (χ2n) is 3.60. The number of nitrogens with one attached hydrogen (secondary N) is 1. The number of carbonyl (C=O) groups excluding carboxylic acids is 1. The van der Waals surface area contributed by atoms with Gasteiger partial charge >= 0.3 is 0 Å². The summed E-state index contributed by atoms with van der Waals surface area (Å²) in [6, 6.07) is 7.14. The number of amides is 1. The van der Waals surface area contributed by atoms with E-state index in [-0.39, 0.29) is 6.42 Å². The molecule has 0 aliphatic rings. The zero-order valence-electron chi connectivity index (χ0n) is 9.05. The van der Waals surface area contributed by atoms with E-state index in [0.717, 1.165) is 10.0 Å². The predicted molar refractivity (Wildman–Crippen MR) is 64.9 cm³/mol. The zero-order chi connectivity index (χ0) is 12.9. The van der Waals surface area contributed by atoms with E-state index in [2.05, 4.69) is 21.2 Å². The first kappa shape index (κ1) is 14.1. The molecule has 6 heteroatoms. The molecule has 94 valence electrons. The lowest BCUT2D eigenvalue weighted by atomic mass is 10.1. The maximum absolute atomic E-state index is 12.8. The Morgan fingerprint density at radius 3 is 2.65 bits per heavy atom. The van der Waals surface area contributed by atoms with Crippen LogP contribution in [0.1, 0.15) is 5.56 Å². The number of hydrogen-bond acceptors (Lipinski definition) is 2. The smallest absolute Gasteiger partial charge is 0.277 e. The lowest BCUT2D eigenvalue weighted by Gasteiger charge is -2.14. The van der Waals surface area contributed by atoms with Crippen LogP contribution >= 0.6 is 15.9 Å². The normalized spacial score (nSPS) is 11.3. The highest BCUT2D eigenvalue weighted by Gasteiger charge is 2.27. The standard InChI is InChI=1S/C11H13BrF2N2O/c12-9-4-2-1-3-8(9)5-10(17)16-7-11(13,14)6-15/h1-4H,5-7,15H2,(H,16,17). The Kier molecular flexibility index (Phi) is 5.02.